The minimum absolute atomic E-state index is 0.213. The van der Waals surface area contributed by atoms with E-state index in [4.69, 9.17) is 0 Å². The van der Waals surface area contributed by atoms with Crippen LogP contribution in [0.3, 0.4) is 0 Å². The standard InChI is InChI=1S/C10H7F3O2S/c11-10(12,13)9(14,7-3-1-5-15-7)8-4-2-6-16-8/h1-6,14H. The molecule has 1 unspecified atom stereocenters. The van der Waals surface area contributed by atoms with Gasteiger partial charge in [-0.3, -0.25) is 0 Å². The van der Waals surface area contributed by atoms with E-state index >= 15 is 0 Å². The Morgan fingerprint density at radius 1 is 1.19 bits per heavy atom. The molecule has 6 heteroatoms. The van der Waals surface area contributed by atoms with Gasteiger partial charge in [0, 0.05) is 0 Å². The van der Waals surface area contributed by atoms with Crippen molar-refractivity contribution in [3.8, 4) is 0 Å². The molecule has 0 fully saturated rings. The summed E-state index contributed by atoms with van der Waals surface area (Å²) in [6.07, 6.45) is -3.73. The fraction of sp³-hybridized carbons (Fsp3) is 0.200. The maximum Gasteiger partial charge on any atom is 0.429 e. The smallest absolute Gasteiger partial charge is 0.429 e. The zero-order valence-corrected chi connectivity index (χ0v) is 8.68. The Hall–Kier alpha value is -1.27. The molecule has 0 bridgehead atoms. The molecule has 1 atom stereocenters. The van der Waals surface area contributed by atoms with Crippen molar-refractivity contribution in [3.05, 3.63) is 46.5 Å². The van der Waals surface area contributed by atoms with Gasteiger partial charge in [-0.25, -0.2) is 0 Å². The SMILES string of the molecule is OC(c1ccco1)(c1cccs1)C(F)(F)F. The fourth-order valence-electron chi connectivity index (χ4n) is 1.37. The van der Waals surface area contributed by atoms with Crippen LogP contribution in [0.25, 0.3) is 0 Å². The van der Waals surface area contributed by atoms with Gasteiger partial charge in [-0.1, -0.05) is 6.07 Å². The van der Waals surface area contributed by atoms with E-state index in [2.05, 4.69) is 4.42 Å². The van der Waals surface area contributed by atoms with E-state index in [-0.39, 0.29) is 4.88 Å². The summed E-state index contributed by atoms with van der Waals surface area (Å²) in [4.78, 5) is -0.213. The topological polar surface area (TPSA) is 33.4 Å². The molecule has 0 amide bonds. The van der Waals surface area contributed by atoms with Crippen molar-refractivity contribution in [2.75, 3.05) is 0 Å². The van der Waals surface area contributed by atoms with Crippen LogP contribution in [0, 0.1) is 0 Å². The lowest BCUT2D eigenvalue weighted by Gasteiger charge is -2.27. The molecule has 0 radical (unpaired) electrons. The Morgan fingerprint density at radius 3 is 2.38 bits per heavy atom. The zero-order chi connectivity index (χ0) is 11.8. The van der Waals surface area contributed by atoms with Crippen LogP contribution >= 0.6 is 11.3 Å². The van der Waals surface area contributed by atoms with Crippen molar-refractivity contribution >= 4 is 11.3 Å². The molecule has 2 heterocycles. The zero-order valence-electron chi connectivity index (χ0n) is 7.86. The van der Waals surface area contributed by atoms with Gasteiger partial charge < -0.3 is 9.52 Å². The van der Waals surface area contributed by atoms with Crippen molar-refractivity contribution in [1.82, 2.24) is 0 Å². The third-order valence-electron chi connectivity index (χ3n) is 2.17. The highest BCUT2D eigenvalue weighted by Crippen LogP contribution is 2.45. The Morgan fingerprint density at radius 2 is 1.94 bits per heavy atom. The maximum absolute atomic E-state index is 12.9. The van der Waals surface area contributed by atoms with Crippen LogP contribution in [0.15, 0.2) is 40.3 Å². The summed E-state index contributed by atoms with van der Waals surface area (Å²) in [5, 5.41) is 11.3. The highest BCUT2D eigenvalue weighted by atomic mass is 32.1. The highest BCUT2D eigenvalue weighted by Gasteiger charge is 2.59. The minimum atomic E-state index is -4.82. The number of thiophene rings is 1. The van der Waals surface area contributed by atoms with Crippen LogP contribution < -0.4 is 0 Å². The lowest BCUT2D eigenvalue weighted by atomic mass is 9.98. The summed E-state index contributed by atoms with van der Waals surface area (Å²) in [7, 11) is 0. The molecule has 2 aromatic heterocycles. The molecule has 16 heavy (non-hydrogen) atoms. The average Bonchev–Trinajstić information content (AvgIpc) is 2.88. The second kappa shape index (κ2) is 3.64. The van der Waals surface area contributed by atoms with E-state index in [0.29, 0.717) is 0 Å². The lowest BCUT2D eigenvalue weighted by molar-refractivity contribution is -0.252. The number of hydrogen-bond acceptors (Lipinski definition) is 3. The third kappa shape index (κ3) is 1.54. The molecule has 0 aromatic carbocycles. The first kappa shape index (κ1) is 11.2. The van der Waals surface area contributed by atoms with Gasteiger partial charge in [0.15, 0.2) is 0 Å². The first-order chi connectivity index (χ1) is 7.46. The van der Waals surface area contributed by atoms with E-state index in [0.717, 1.165) is 23.7 Å². The van der Waals surface area contributed by atoms with E-state index in [1.165, 1.54) is 23.6 Å². The third-order valence-corrected chi connectivity index (χ3v) is 3.14. The van der Waals surface area contributed by atoms with E-state index in [1.807, 2.05) is 0 Å². The maximum atomic E-state index is 12.9. The quantitative estimate of drug-likeness (QED) is 0.885. The molecular formula is C10H7F3O2S. The van der Waals surface area contributed by atoms with Crippen LogP contribution in [0.4, 0.5) is 13.2 Å². The van der Waals surface area contributed by atoms with Crippen molar-refractivity contribution < 1.29 is 22.7 Å². The first-order valence-electron chi connectivity index (χ1n) is 4.33. The first-order valence-corrected chi connectivity index (χ1v) is 5.21. The van der Waals surface area contributed by atoms with Crippen LogP contribution in [-0.2, 0) is 5.60 Å². The number of aliphatic hydroxyl groups is 1. The second-order valence-electron chi connectivity index (χ2n) is 3.16. The van der Waals surface area contributed by atoms with Crippen LogP contribution in [0.2, 0.25) is 0 Å². The lowest BCUT2D eigenvalue weighted by Crippen LogP contribution is -2.42. The summed E-state index contributed by atoms with van der Waals surface area (Å²) < 4.78 is 43.5. The van der Waals surface area contributed by atoms with E-state index in [1.54, 1.807) is 0 Å². The van der Waals surface area contributed by atoms with E-state index < -0.39 is 17.5 Å². The molecule has 0 saturated carbocycles. The molecule has 2 aromatic rings. The summed E-state index contributed by atoms with van der Waals surface area (Å²) in [5.74, 6) is -0.526. The molecule has 0 spiro atoms. The van der Waals surface area contributed by atoms with Crippen LogP contribution in [0.1, 0.15) is 10.6 Å². The van der Waals surface area contributed by atoms with Gasteiger partial charge in [0.25, 0.3) is 5.60 Å². The van der Waals surface area contributed by atoms with Gasteiger partial charge in [0.05, 0.1) is 11.1 Å². The Bertz CT molecular complexity index is 411. The minimum Gasteiger partial charge on any atom is -0.465 e. The molecule has 2 rings (SSSR count). The monoisotopic (exact) mass is 248 g/mol. The molecule has 86 valence electrons. The Labute approximate surface area is 92.9 Å². The Kier molecular flexibility index (Phi) is 2.55. The summed E-state index contributed by atoms with van der Waals surface area (Å²) in [6.45, 7) is 0. The van der Waals surface area contributed by atoms with Gasteiger partial charge in [0.1, 0.15) is 5.76 Å². The largest absolute Gasteiger partial charge is 0.465 e. The van der Waals surface area contributed by atoms with Gasteiger partial charge >= 0.3 is 6.18 Å². The summed E-state index contributed by atoms with van der Waals surface area (Å²) >= 11 is 0.825. The normalized spacial score (nSPS) is 16.0. The molecule has 2 nitrogen and oxygen atoms in total. The molecule has 0 aliphatic heterocycles. The van der Waals surface area contributed by atoms with Gasteiger partial charge in [-0.2, -0.15) is 13.2 Å². The molecular weight excluding hydrogens is 241 g/mol. The van der Waals surface area contributed by atoms with Crippen molar-refractivity contribution in [2.24, 2.45) is 0 Å². The van der Waals surface area contributed by atoms with Crippen molar-refractivity contribution in [3.63, 3.8) is 0 Å². The number of halogens is 3. The summed E-state index contributed by atoms with van der Waals surface area (Å²) in [6, 6.07) is 5.08. The Balaban J connectivity index is 2.59. The molecule has 0 aliphatic carbocycles. The van der Waals surface area contributed by atoms with E-state index in [9.17, 15) is 18.3 Å². The predicted octanol–water partition coefficient (Wildman–Crippen LogP) is 3.14. The van der Waals surface area contributed by atoms with Gasteiger partial charge in [-0.15, -0.1) is 11.3 Å². The molecule has 1 N–H and O–H groups in total. The van der Waals surface area contributed by atoms with Gasteiger partial charge in [-0.05, 0) is 23.6 Å². The second-order valence-corrected chi connectivity index (χ2v) is 4.11. The predicted molar refractivity (Wildman–Crippen MR) is 52.1 cm³/mol. The number of hydrogen-bond donors (Lipinski definition) is 1. The van der Waals surface area contributed by atoms with Crippen LogP contribution in [-0.4, -0.2) is 11.3 Å². The van der Waals surface area contributed by atoms with Crippen molar-refractivity contribution in [2.45, 2.75) is 11.8 Å². The summed E-state index contributed by atoms with van der Waals surface area (Å²) in [5.41, 5.74) is -3.06. The molecule has 0 aliphatic rings. The van der Waals surface area contributed by atoms with Gasteiger partial charge in [0.2, 0.25) is 0 Å². The van der Waals surface area contributed by atoms with Crippen LogP contribution in [0.5, 0.6) is 0 Å². The highest BCUT2D eigenvalue weighted by molar-refractivity contribution is 7.10. The van der Waals surface area contributed by atoms with Crippen molar-refractivity contribution in [1.29, 1.82) is 0 Å². The number of alkyl halides is 3. The fourth-order valence-corrected chi connectivity index (χ4v) is 2.22. The number of furan rings is 1. The average molecular weight is 248 g/mol. The number of rotatable bonds is 2. The molecule has 0 saturated heterocycles.